The molecule has 3 heteroatoms. The van der Waals surface area contributed by atoms with E-state index in [2.05, 4.69) is 0 Å². The number of aliphatic hydroxyl groups is 1. The molecule has 3 N–H and O–H groups in total. The molecule has 0 aliphatic rings. The molecule has 0 atom stereocenters. The Labute approximate surface area is 70.9 Å². The molecule has 0 unspecified atom stereocenters. The molecule has 0 fully saturated rings. The molecule has 3 nitrogen and oxygen atoms in total. The van der Waals surface area contributed by atoms with E-state index in [9.17, 15) is 10.2 Å². The first kappa shape index (κ1) is 8.87. The van der Waals surface area contributed by atoms with Gasteiger partial charge in [0.1, 0.15) is 11.5 Å². The van der Waals surface area contributed by atoms with Crippen LogP contribution in [0, 0.1) is 13.8 Å². The van der Waals surface area contributed by atoms with Crippen molar-refractivity contribution in [2.75, 3.05) is 0 Å². The minimum Gasteiger partial charge on any atom is -0.508 e. The van der Waals surface area contributed by atoms with Crippen LogP contribution in [0.1, 0.15) is 16.7 Å². The summed E-state index contributed by atoms with van der Waals surface area (Å²) in [6, 6.07) is 1.44. The molecule has 1 aromatic rings. The van der Waals surface area contributed by atoms with Crippen molar-refractivity contribution in [1.29, 1.82) is 0 Å². The van der Waals surface area contributed by atoms with E-state index >= 15 is 0 Å². The monoisotopic (exact) mass is 168 g/mol. The van der Waals surface area contributed by atoms with Gasteiger partial charge in [-0.05, 0) is 25.5 Å². The minimum absolute atomic E-state index is 0.0327. The second kappa shape index (κ2) is 3.03. The van der Waals surface area contributed by atoms with Gasteiger partial charge in [0.15, 0.2) is 0 Å². The van der Waals surface area contributed by atoms with Crippen LogP contribution in [-0.4, -0.2) is 15.3 Å². The summed E-state index contributed by atoms with van der Waals surface area (Å²) in [4.78, 5) is 0. The Bertz CT molecular complexity index is 305. The minimum atomic E-state index is -0.258. The van der Waals surface area contributed by atoms with Crippen LogP contribution in [0.3, 0.4) is 0 Å². The van der Waals surface area contributed by atoms with Crippen LogP contribution in [0.5, 0.6) is 11.5 Å². The van der Waals surface area contributed by atoms with Gasteiger partial charge in [-0.1, -0.05) is 0 Å². The van der Waals surface area contributed by atoms with Gasteiger partial charge in [0.25, 0.3) is 0 Å². The number of aliphatic hydroxyl groups excluding tert-OH is 1. The van der Waals surface area contributed by atoms with E-state index in [0.717, 1.165) is 0 Å². The van der Waals surface area contributed by atoms with E-state index in [0.29, 0.717) is 16.7 Å². The van der Waals surface area contributed by atoms with Crippen LogP contribution in [0.2, 0.25) is 0 Å². The number of phenolic OH excluding ortho intramolecular Hbond substituents is 1. The standard InChI is InChI=1S/C9H12O3/c1-5-3-8(11)7(4-10)6(2)9(5)12/h3,10-12H,4H2,1-2H3. The fourth-order valence-corrected chi connectivity index (χ4v) is 1.19. The van der Waals surface area contributed by atoms with Crippen LogP contribution in [-0.2, 0) is 6.61 Å². The SMILES string of the molecule is Cc1cc(O)c(CO)c(C)c1O. The highest BCUT2D eigenvalue weighted by molar-refractivity contribution is 5.50. The van der Waals surface area contributed by atoms with E-state index in [-0.39, 0.29) is 18.1 Å². The third-order valence-corrected chi connectivity index (χ3v) is 2.00. The van der Waals surface area contributed by atoms with Gasteiger partial charge in [-0.15, -0.1) is 0 Å². The number of hydrogen-bond acceptors (Lipinski definition) is 3. The van der Waals surface area contributed by atoms with E-state index in [1.165, 1.54) is 6.07 Å². The quantitative estimate of drug-likeness (QED) is 0.552. The van der Waals surface area contributed by atoms with Crippen molar-refractivity contribution in [2.24, 2.45) is 0 Å². The first-order valence-corrected chi connectivity index (χ1v) is 3.69. The van der Waals surface area contributed by atoms with Gasteiger partial charge in [0.2, 0.25) is 0 Å². The fraction of sp³-hybridized carbons (Fsp3) is 0.333. The topological polar surface area (TPSA) is 60.7 Å². The van der Waals surface area contributed by atoms with Crippen molar-refractivity contribution in [1.82, 2.24) is 0 Å². The molecule has 0 heterocycles. The Kier molecular flexibility index (Phi) is 2.24. The normalized spacial score (nSPS) is 10.2. The van der Waals surface area contributed by atoms with Crippen LogP contribution in [0.15, 0.2) is 6.07 Å². The largest absolute Gasteiger partial charge is 0.508 e. The van der Waals surface area contributed by atoms with Gasteiger partial charge in [-0.25, -0.2) is 0 Å². The molecule has 12 heavy (non-hydrogen) atoms. The number of aromatic hydroxyl groups is 2. The molecule has 0 amide bonds. The number of phenols is 2. The Morgan fingerprint density at radius 1 is 1.25 bits per heavy atom. The summed E-state index contributed by atoms with van der Waals surface area (Å²) >= 11 is 0. The van der Waals surface area contributed by atoms with Crippen molar-refractivity contribution in [2.45, 2.75) is 20.5 Å². The zero-order chi connectivity index (χ0) is 9.30. The Hall–Kier alpha value is -1.22. The highest BCUT2D eigenvalue weighted by Crippen LogP contribution is 2.31. The van der Waals surface area contributed by atoms with Crippen molar-refractivity contribution >= 4 is 0 Å². The average Bonchev–Trinajstić information content (AvgIpc) is 2.01. The molecule has 1 rings (SSSR count). The molecule has 0 aliphatic heterocycles. The lowest BCUT2D eigenvalue weighted by molar-refractivity contribution is 0.273. The smallest absolute Gasteiger partial charge is 0.122 e. The van der Waals surface area contributed by atoms with E-state index in [4.69, 9.17) is 5.11 Å². The van der Waals surface area contributed by atoms with Crippen LogP contribution in [0.4, 0.5) is 0 Å². The van der Waals surface area contributed by atoms with Crippen molar-refractivity contribution in [3.8, 4) is 11.5 Å². The number of rotatable bonds is 1. The Morgan fingerprint density at radius 2 is 1.83 bits per heavy atom. The third-order valence-electron chi connectivity index (χ3n) is 2.00. The molecule has 0 spiro atoms. The molecule has 0 saturated heterocycles. The van der Waals surface area contributed by atoms with Gasteiger partial charge in [0, 0.05) is 11.1 Å². The maximum atomic E-state index is 9.42. The zero-order valence-corrected chi connectivity index (χ0v) is 7.13. The van der Waals surface area contributed by atoms with E-state index < -0.39 is 0 Å². The highest BCUT2D eigenvalue weighted by Gasteiger charge is 2.10. The summed E-state index contributed by atoms with van der Waals surface area (Å²) in [7, 11) is 0. The number of aryl methyl sites for hydroxylation is 1. The predicted molar refractivity (Wildman–Crippen MR) is 45.2 cm³/mol. The van der Waals surface area contributed by atoms with Crippen molar-refractivity contribution in [3.63, 3.8) is 0 Å². The number of hydrogen-bond donors (Lipinski definition) is 3. The molecule has 0 aromatic heterocycles. The summed E-state index contributed by atoms with van der Waals surface area (Å²) in [6.45, 7) is 3.10. The first-order valence-electron chi connectivity index (χ1n) is 3.69. The fourth-order valence-electron chi connectivity index (χ4n) is 1.19. The maximum absolute atomic E-state index is 9.42. The van der Waals surface area contributed by atoms with Crippen LogP contribution < -0.4 is 0 Å². The zero-order valence-electron chi connectivity index (χ0n) is 7.13. The van der Waals surface area contributed by atoms with Crippen LogP contribution >= 0.6 is 0 Å². The molecule has 0 bridgehead atoms. The van der Waals surface area contributed by atoms with Crippen molar-refractivity contribution in [3.05, 3.63) is 22.8 Å². The highest BCUT2D eigenvalue weighted by atomic mass is 16.3. The summed E-state index contributed by atoms with van der Waals surface area (Å²) in [5, 5.41) is 27.6. The summed E-state index contributed by atoms with van der Waals surface area (Å²) < 4.78 is 0. The van der Waals surface area contributed by atoms with Gasteiger partial charge in [0.05, 0.1) is 6.61 Å². The molecular formula is C9H12O3. The van der Waals surface area contributed by atoms with Crippen LogP contribution in [0.25, 0.3) is 0 Å². The lowest BCUT2D eigenvalue weighted by Crippen LogP contribution is -1.91. The maximum Gasteiger partial charge on any atom is 0.122 e. The lowest BCUT2D eigenvalue weighted by Gasteiger charge is -2.09. The molecular weight excluding hydrogens is 156 g/mol. The van der Waals surface area contributed by atoms with Gasteiger partial charge in [-0.3, -0.25) is 0 Å². The van der Waals surface area contributed by atoms with E-state index in [1.807, 2.05) is 0 Å². The Morgan fingerprint density at radius 3 is 2.33 bits per heavy atom. The van der Waals surface area contributed by atoms with Crippen molar-refractivity contribution < 1.29 is 15.3 Å². The molecule has 0 aliphatic carbocycles. The summed E-state index contributed by atoms with van der Waals surface area (Å²) in [5.41, 5.74) is 1.54. The summed E-state index contributed by atoms with van der Waals surface area (Å²) in [6.07, 6.45) is 0. The molecule has 0 radical (unpaired) electrons. The summed E-state index contributed by atoms with van der Waals surface area (Å²) in [5.74, 6) is 0.169. The third kappa shape index (κ3) is 1.23. The van der Waals surface area contributed by atoms with Gasteiger partial charge in [-0.2, -0.15) is 0 Å². The number of benzene rings is 1. The van der Waals surface area contributed by atoms with Gasteiger partial charge >= 0.3 is 0 Å². The second-order valence-corrected chi connectivity index (χ2v) is 2.82. The molecule has 0 saturated carbocycles. The van der Waals surface area contributed by atoms with Gasteiger partial charge < -0.3 is 15.3 Å². The predicted octanol–water partition coefficient (Wildman–Crippen LogP) is 1.21. The van der Waals surface area contributed by atoms with E-state index in [1.54, 1.807) is 13.8 Å². The molecule has 66 valence electrons. The first-order chi connectivity index (χ1) is 5.57. The Balaban J connectivity index is 3.40. The lowest BCUT2D eigenvalue weighted by atomic mass is 10.0. The second-order valence-electron chi connectivity index (χ2n) is 2.82. The molecule has 1 aromatic carbocycles. The average molecular weight is 168 g/mol.